The highest BCUT2D eigenvalue weighted by Gasteiger charge is 2.31. The lowest BCUT2D eigenvalue weighted by molar-refractivity contribution is -0.141. The third-order valence-electron chi connectivity index (χ3n) is 4.99. The Bertz CT molecular complexity index is 588. The van der Waals surface area contributed by atoms with Gasteiger partial charge in [-0.1, -0.05) is 0 Å². The Labute approximate surface area is 142 Å². The molecular formula is C17H25N5O2. The quantitative estimate of drug-likeness (QED) is 0.797. The molecule has 0 aromatic carbocycles. The number of nitrogens with zero attached hydrogens (tertiary/aromatic N) is 5. The first-order valence-corrected chi connectivity index (χ1v) is 8.64. The van der Waals surface area contributed by atoms with Crippen LogP contribution in [0, 0.1) is 12.8 Å². The van der Waals surface area contributed by atoms with Gasteiger partial charge in [-0.2, -0.15) is 5.10 Å². The van der Waals surface area contributed by atoms with Gasteiger partial charge in [-0.15, -0.1) is 5.10 Å². The molecule has 130 valence electrons. The lowest BCUT2D eigenvalue weighted by atomic mass is 9.95. The molecule has 2 fully saturated rings. The summed E-state index contributed by atoms with van der Waals surface area (Å²) in [5, 5.41) is 8.33. The summed E-state index contributed by atoms with van der Waals surface area (Å²) in [6, 6.07) is 3.96. The molecule has 0 aliphatic carbocycles. The third kappa shape index (κ3) is 3.66. The van der Waals surface area contributed by atoms with Crippen molar-refractivity contribution in [2.75, 3.05) is 44.2 Å². The lowest BCUT2D eigenvalue weighted by Crippen LogP contribution is -2.52. The van der Waals surface area contributed by atoms with E-state index in [2.05, 4.69) is 15.1 Å². The summed E-state index contributed by atoms with van der Waals surface area (Å²) in [6.45, 7) is 7.79. The van der Waals surface area contributed by atoms with Gasteiger partial charge in [0, 0.05) is 52.1 Å². The van der Waals surface area contributed by atoms with E-state index in [1.54, 1.807) is 6.92 Å². The molecule has 2 aliphatic heterocycles. The van der Waals surface area contributed by atoms with E-state index in [4.69, 9.17) is 0 Å². The molecule has 1 aromatic heterocycles. The van der Waals surface area contributed by atoms with Crippen molar-refractivity contribution in [2.24, 2.45) is 5.92 Å². The number of hydrogen-bond donors (Lipinski definition) is 0. The highest BCUT2D eigenvalue weighted by molar-refractivity contribution is 5.80. The van der Waals surface area contributed by atoms with Crippen LogP contribution < -0.4 is 4.90 Å². The van der Waals surface area contributed by atoms with Crippen LogP contribution >= 0.6 is 0 Å². The first-order chi connectivity index (χ1) is 11.5. The van der Waals surface area contributed by atoms with Crippen LogP contribution in [0.15, 0.2) is 12.1 Å². The molecule has 0 N–H and O–H groups in total. The minimum absolute atomic E-state index is 0.0866. The van der Waals surface area contributed by atoms with Crippen LogP contribution in [0.25, 0.3) is 0 Å². The lowest BCUT2D eigenvalue weighted by Gasteiger charge is -2.38. The Balaban J connectivity index is 1.50. The molecule has 24 heavy (non-hydrogen) atoms. The predicted molar refractivity (Wildman–Crippen MR) is 90.5 cm³/mol. The molecule has 0 atom stereocenters. The molecule has 2 amide bonds. The van der Waals surface area contributed by atoms with Gasteiger partial charge < -0.3 is 14.7 Å². The maximum Gasteiger partial charge on any atom is 0.225 e. The van der Waals surface area contributed by atoms with Gasteiger partial charge in [0.15, 0.2) is 5.82 Å². The number of anilines is 1. The number of rotatable bonds is 2. The molecule has 0 radical (unpaired) electrons. The fourth-order valence-electron chi connectivity index (χ4n) is 3.42. The number of aryl methyl sites for hydroxylation is 1. The Morgan fingerprint density at radius 2 is 1.58 bits per heavy atom. The van der Waals surface area contributed by atoms with E-state index in [1.807, 2.05) is 28.9 Å². The Morgan fingerprint density at radius 1 is 0.958 bits per heavy atom. The zero-order valence-electron chi connectivity index (χ0n) is 14.4. The highest BCUT2D eigenvalue weighted by Crippen LogP contribution is 2.23. The van der Waals surface area contributed by atoms with Gasteiger partial charge in [-0.05, 0) is 31.9 Å². The molecule has 3 rings (SSSR count). The molecular weight excluding hydrogens is 306 g/mol. The number of piperidine rings is 1. The Kier molecular flexibility index (Phi) is 4.97. The van der Waals surface area contributed by atoms with Gasteiger partial charge >= 0.3 is 0 Å². The molecule has 0 spiro atoms. The fourth-order valence-corrected chi connectivity index (χ4v) is 3.42. The SMILES string of the molecule is CC(=O)N1CCN(C(=O)C2CCN(c3ccc(C)nn3)CC2)CC1. The van der Waals surface area contributed by atoms with Crippen molar-refractivity contribution in [3.63, 3.8) is 0 Å². The van der Waals surface area contributed by atoms with E-state index >= 15 is 0 Å². The molecule has 1 aromatic rings. The fraction of sp³-hybridized carbons (Fsp3) is 0.647. The second-order valence-electron chi connectivity index (χ2n) is 6.63. The second-order valence-corrected chi connectivity index (χ2v) is 6.63. The first kappa shape index (κ1) is 16.7. The smallest absolute Gasteiger partial charge is 0.225 e. The topological polar surface area (TPSA) is 69.6 Å². The van der Waals surface area contributed by atoms with Crippen molar-refractivity contribution < 1.29 is 9.59 Å². The van der Waals surface area contributed by atoms with Crippen LogP contribution in [-0.4, -0.2) is 71.1 Å². The number of carbonyl (C=O) groups excluding carboxylic acids is 2. The van der Waals surface area contributed by atoms with Crippen molar-refractivity contribution in [3.8, 4) is 0 Å². The van der Waals surface area contributed by atoms with Gasteiger partial charge in [0.2, 0.25) is 11.8 Å². The highest BCUT2D eigenvalue weighted by atomic mass is 16.2. The van der Waals surface area contributed by atoms with Gasteiger partial charge in [0.05, 0.1) is 5.69 Å². The predicted octanol–water partition coefficient (Wildman–Crippen LogP) is 0.692. The zero-order chi connectivity index (χ0) is 17.1. The largest absolute Gasteiger partial charge is 0.355 e. The number of carbonyl (C=O) groups is 2. The third-order valence-corrected chi connectivity index (χ3v) is 4.99. The minimum Gasteiger partial charge on any atom is -0.355 e. The average molecular weight is 331 g/mol. The summed E-state index contributed by atoms with van der Waals surface area (Å²) in [4.78, 5) is 30.0. The van der Waals surface area contributed by atoms with Crippen molar-refractivity contribution in [2.45, 2.75) is 26.7 Å². The van der Waals surface area contributed by atoms with Gasteiger partial charge in [-0.3, -0.25) is 9.59 Å². The Hall–Kier alpha value is -2.18. The molecule has 0 unspecified atom stereocenters. The molecule has 7 heteroatoms. The van der Waals surface area contributed by atoms with Crippen LogP contribution in [-0.2, 0) is 9.59 Å². The summed E-state index contributed by atoms with van der Waals surface area (Å²) in [5.41, 5.74) is 0.911. The minimum atomic E-state index is 0.0866. The van der Waals surface area contributed by atoms with Gasteiger partial charge in [-0.25, -0.2) is 0 Å². The normalized spacial score (nSPS) is 19.5. The summed E-state index contributed by atoms with van der Waals surface area (Å²) >= 11 is 0. The summed E-state index contributed by atoms with van der Waals surface area (Å²) in [6.07, 6.45) is 1.70. The summed E-state index contributed by atoms with van der Waals surface area (Å²) in [7, 11) is 0. The number of piperazine rings is 1. The molecule has 2 saturated heterocycles. The van der Waals surface area contributed by atoms with Crippen LogP contribution in [0.3, 0.4) is 0 Å². The van der Waals surface area contributed by atoms with E-state index < -0.39 is 0 Å². The maximum atomic E-state index is 12.7. The van der Waals surface area contributed by atoms with E-state index in [-0.39, 0.29) is 17.7 Å². The zero-order valence-corrected chi connectivity index (χ0v) is 14.4. The molecule has 7 nitrogen and oxygen atoms in total. The number of amides is 2. The van der Waals surface area contributed by atoms with Crippen LogP contribution in [0.1, 0.15) is 25.5 Å². The van der Waals surface area contributed by atoms with Crippen LogP contribution in [0.4, 0.5) is 5.82 Å². The van der Waals surface area contributed by atoms with E-state index in [0.717, 1.165) is 37.4 Å². The van der Waals surface area contributed by atoms with Gasteiger partial charge in [0.25, 0.3) is 0 Å². The van der Waals surface area contributed by atoms with E-state index in [1.165, 1.54) is 0 Å². The average Bonchev–Trinajstić information content (AvgIpc) is 2.62. The molecule has 2 aliphatic rings. The van der Waals surface area contributed by atoms with Crippen molar-refractivity contribution in [1.82, 2.24) is 20.0 Å². The standard InChI is InChI=1S/C17H25N5O2/c1-13-3-4-16(19-18-13)21-7-5-15(6-8-21)17(24)22-11-9-20(10-12-22)14(2)23/h3-4,15H,5-12H2,1-2H3. The molecule has 0 bridgehead atoms. The van der Waals surface area contributed by atoms with E-state index in [0.29, 0.717) is 26.2 Å². The van der Waals surface area contributed by atoms with Crippen LogP contribution in [0.2, 0.25) is 0 Å². The van der Waals surface area contributed by atoms with Crippen LogP contribution in [0.5, 0.6) is 0 Å². The summed E-state index contributed by atoms with van der Waals surface area (Å²) in [5.74, 6) is 1.31. The van der Waals surface area contributed by atoms with Crippen molar-refractivity contribution >= 4 is 17.6 Å². The van der Waals surface area contributed by atoms with Crippen molar-refractivity contribution in [3.05, 3.63) is 17.8 Å². The first-order valence-electron chi connectivity index (χ1n) is 8.64. The van der Waals surface area contributed by atoms with Gasteiger partial charge in [0.1, 0.15) is 0 Å². The molecule has 0 saturated carbocycles. The maximum absolute atomic E-state index is 12.7. The second kappa shape index (κ2) is 7.15. The number of aromatic nitrogens is 2. The summed E-state index contributed by atoms with van der Waals surface area (Å²) < 4.78 is 0. The van der Waals surface area contributed by atoms with E-state index in [9.17, 15) is 9.59 Å². The molecule has 3 heterocycles. The monoisotopic (exact) mass is 331 g/mol. The Morgan fingerprint density at radius 3 is 2.12 bits per heavy atom. The number of hydrogen-bond acceptors (Lipinski definition) is 5. The van der Waals surface area contributed by atoms with Crippen molar-refractivity contribution in [1.29, 1.82) is 0 Å².